The fourth-order valence-electron chi connectivity index (χ4n) is 1.67. The Morgan fingerprint density at radius 3 is 2.82 bits per heavy atom. The summed E-state index contributed by atoms with van der Waals surface area (Å²) >= 11 is 5.96. The molecule has 0 saturated carbocycles. The molecule has 0 aliphatic carbocycles. The molecule has 0 aliphatic heterocycles. The number of nitrogen functional groups attached to an aromatic ring is 1. The van der Waals surface area contributed by atoms with Crippen LogP contribution in [-0.2, 0) is 6.54 Å². The van der Waals surface area contributed by atoms with Crippen molar-refractivity contribution in [1.82, 2.24) is 9.78 Å². The number of hydrogen-bond donors (Lipinski definition) is 1. The van der Waals surface area contributed by atoms with Gasteiger partial charge in [-0.15, -0.1) is 0 Å². The van der Waals surface area contributed by atoms with Crippen LogP contribution in [-0.4, -0.2) is 16.9 Å². The molecule has 0 unspecified atom stereocenters. The van der Waals surface area contributed by atoms with Crippen molar-refractivity contribution >= 4 is 17.3 Å². The summed E-state index contributed by atoms with van der Waals surface area (Å²) in [7, 11) is 1.64. The van der Waals surface area contributed by atoms with Gasteiger partial charge in [0.15, 0.2) is 0 Å². The number of methoxy groups -OCH3 is 1. The second-order valence-electron chi connectivity index (χ2n) is 3.83. The highest BCUT2D eigenvalue weighted by Crippen LogP contribution is 2.22. The number of rotatable bonds is 3. The van der Waals surface area contributed by atoms with Crippen molar-refractivity contribution in [3.8, 4) is 5.75 Å². The molecule has 0 amide bonds. The molecule has 0 saturated heterocycles. The summed E-state index contributed by atoms with van der Waals surface area (Å²) in [6.07, 6.45) is 1.79. The molecule has 1 aromatic heterocycles. The molecule has 0 aliphatic rings. The van der Waals surface area contributed by atoms with E-state index in [9.17, 15) is 0 Å². The van der Waals surface area contributed by atoms with E-state index in [1.807, 2.05) is 25.1 Å². The van der Waals surface area contributed by atoms with Crippen LogP contribution in [0.4, 0.5) is 5.69 Å². The van der Waals surface area contributed by atoms with E-state index in [0.717, 1.165) is 17.0 Å². The molecule has 17 heavy (non-hydrogen) atoms. The lowest BCUT2D eigenvalue weighted by molar-refractivity contribution is 0.407. The zero-order chi connectivity index (χ0) is 12.4. The van der Waals surface area contributed by atoms with Gasteiger partial charge in [0, 0.05) is 17.4 Å². The molecule has 2 rings (SSSR count). The molecular weight excluding hydrogens is 238 g/mol. The third-order valence-electron chi connectivity index (χ3n) is 2.52. The summed E-state index contributed by atoms with van der Waals surface area (Å²) in [5, 5.41) is 4.96. The van der Waals surface area contributed by atoms with Crippen LogP contribution in [0.25, 0.3) is 0 Å². The Labute approximate surface area is 105 Å². The second-order valence-corrected chi connectivity index (χ2v) is 4.24. The standard InChI is InChI=1S/C12H14ClN3O/c1-8-11(13)7-16(15-8)6-9-5-10(14)3-4-12(9)17-2/h3-5,7H,6,14H2,1-2H3. The molecule has 1 aromatic carbocycles. The van der Waals surface area contributed by atoms with Gasteiger partial charge in [-0.05, 0) is 25.1 Å². The Bertz CT molecular complexity index is 517. The van der Waals surface area contributed by atoms with Gasteiger partial charge in [0.05, 0.1) is 24.4 Å². The fourth-order valence-corrected chi connectivity index (χ4v) is 1.82. The van der Waals surface area contributed by atoms with E-state index in [2.05, 4.69) is 5.10 Å². The number of hydrogen-bond acceptors (Lipinski definition) is 3. The molecular formula is C12H14ClN3O. The normalized spacial score (nSPS) is 10.5. The lowest BCUT2D eigenvalue weighted by Crippen LogP contribution is -2.03. The van der Waals surface area contributed by atoms with Gasteiger partial charge >= 0.3 is 0 Å². The Kier molecular flexibility index (Phi) is 3.24. The number of nitrogens with two attached hydrogens (primary N) is 1. The van der Waals surface area contributed by atoms with Crippen molar-refractivity contribution < 1.29 is 4.74 Å². The lowest BCUT2D eigenvalue weighted by Gasteiger charge is -2.09. The van der Waals surface area contributed by atoms with Crippen molar-refractivity contribution in [3.05, 3.63) is 40.7 Å². The first kappa shape index (κ1) is 11.8. The topological polar surface area (TPSA) is 53.1 Å². The zero-order valence-corrected chi connectivity index (χ0v) is 10.5. The maximum absolute atomic E-state index is 5.96. The maximum atomic E-state index is 5.96. The zero-order valence-electron chi connectivity index (χ0n) is 9.77. The van der Waals surface area contributed by atoms with E-state index in [0.29, 0.717) is 17.3 Å². The highest BCUT2D eigenvalue weighted by atomic mass is 35.5. The van der Waals surface area contributed by atoms with Crippen LogP contribution in [0.1, 0.15) is 11.3 Å². The summed E-state index contributed by atoms with van der Waals surface area (Å²) in [5.74, 6) is 0.795. The largest absolute Gasteiger partial charge is 0.496 e. The Hall–Kier alpha value is -1.68. The van der Waals surface area contributed by atoms with Crippen LogP contribution in [0.2, 0.25) is 5.02 Å². The second kappa shape index (κ2) is 4.67. The van der Waals surface area contributed by atoms with E-state index in [4.69, 9.17) is 22.1 Å². The Balaban J connectivity index is 2.31. The van der Waals surface area contributed by atoms with Gasteiger partial charge in [-0.1, -0.05) is 11.6 Å². The first-order valence-corrected chi connectivity index (χ1v) is 5.60. The minimum Gasteiger partial charge on any atom is -0.496 e. The number of anilines is 1. The van der Waals surface area contributed by atoms with Gasteiger partial charge in [0.1, 0.15) is 5.75 Å². The number of halogens is 1. The molecule has 2 aromatic rings. The SMILES string of the molecule is COc1ccc(N)cc1Cn1cc(Cl)c(C)n1. The average Bonchev–Trinajstić information content (AvgIpc) is 2.58. The predicted octanol–water partition coefficient (Wildman–Crippen LogP) is 2.48. The van der Waals surface area contributed by atoms with Gasteiger partial charge < -0.3 is 10.5 Å². The monoisotopic (exact) mass is 251 g/mol. The summed E-state index contributed by atoms with van der Waals surface area (Å²) in [6, 6.07) is 5.54. The van der Waals surface area contributed by atoms with Crippen molar-refractivity contribution in [1.29, 1.82) is 0 Å². The van der Waals surface area contributed by atoms with Gasteiger partial charge in [0.25, 0.3) is 0 Å². The summed E-state index contributed by atoms with van der Waals surface area (Å²) in [4.78, 5) is 0. The number of nitrogens with zero attached hydrogens (tertiary/aromatic N) is 2. The van der Waals surface area contributed by atoms with Gasteiger partial charge in [-0.3, -0.25) is 4.68 Å². The first-order chi connectivity index (χ1) is 8.10. The smallest absolute Gasteiger partial charge is 0.124 e. The highest BCUT2D eigenvalue weighted by molar-refractivity contribution is 6.31. The van der Waals surface area contributed by atoms with Gasteiger partial charge in [-0.2, -0.15) is 5.10 Å². The van der Waals surface area contributed by atoms with Crippen LogP contribution in [0, 0.1) is 6.92 Å². The van der Waals surface area contributed by atoms with Crippen molar-refractivity contribution in [2.24, 2.45) is 0 Å². The number of aryl methyl sites for hydroxylation is 1. The van der Waals surface area contributed by atoms with Gasteiger partial charge in [-0.25, -0.2) is 0 Å². The minimum atomic E-state index is 0.585. The van der Waals surface area contributed by atoms with E-state index in [-0.39, 0.29) is 0 Å². The highest BCUT2D eigenvalue weighted by Gasteiger charge is 2.07. The number of benzene rings is 1. The van der Waals surface area contributed by atoms with Crippen LogP contribution in [0.5, 0.6) is 5.75 Å². The number of aromatic nitrogens is 2. The molecule has 0 bridgehead atoms. The van der Waals surface area contributed by atoms with Crippen molar-refractivity contribution in [2.45, 2.75) is 13.5 Å². The van der Waals surface area contributed by atoms with E-state index < -0.39 is 0 Å². The van der Waals surface area contributed by atoms with Crippen molar-refractivity contribution in [2.75, 3.05) is 12.8 Å². The Morgan fingerprint density at radius 1 is 1.47 bits per heavy atom. The molecule has 2 N–H and O–H groups in total. The van der Waals surface area contributed by atoms with Gasteiger partial charge in [0.2, 0.25) is 0 Å². The predicted molar refractivity (Wildman–Crippen MR) is 68.5 cm³/mol. The maximum Gasteiger partial charge on any atom is 0.124 e. The third kappa shape index (κ3) is 2.53. The minimum absolute atomic E-state index is 0.585. The molecule has 90 valence electrons. The first-order valence-electron chi connectivity index (χ1n) is 5.22. The molecule has 4 nitrogen and oxygen atoms in total. The quantitative estimate of drug-likeness (QED) is 0.853. The van der Waals surface area contributed by atoms with E-state index in [1.165, 1.54) is 0 Å². The fraction of sp³-hybridized carbons (Fsp3) is 0.250. The molecule has 0 spiro atoms. The third-order valence-corrected chi connectivity index (χ3v) is 2.89. The molecule has 0 fully saturated rings. The van der Waals surface area contributed by atoms with E-state index >= 15 is 0 Å². The van der Waals surface area contributed by atoms with Crippen LogP contribution < -0.4 is 10.5 Å². The molecule has 1 heterocycles. The lowest BCUT2D eigenvalue weighted by atomic mass is 10.2. The summed E-state index contributed by atoms with van der Waals surface area (Å²) in [6.45, 7) is 2.46. The average molecular weight is 252 g/mol. The summed E-state index contributed by atoms with van der Waals surface area (Å²) < 4.78 is 7.05. The Morgan fingerprint density at radius 2 is 2.24 bits per heavy atom. The molecule has 0 atom stereocenters. The van der Waals surface area contributed by atoms with E-state index in [1.54, 1.807) is 18.0 Å². The summed E-state index contributed by atoms with van der Waals surface area (Å²) in [5.41, 5.74) is 8.26. The molecule has 5 heteroatoms. The van der Waals surface area contributed by atoms with Crippen LogP contribution >= 0.6 is 11.6 Å². The number of ether oxygens (including phenoxy) is 1. The van der Waals surface area contributed by atoms with Crippen LogP contribution in [0.3, 0.4) is 0 Å². The molecule has 0 radical (unpaired) electrons. The van der Waals surface area contributed by atoms with Crippen molar-refractivity contribution in [3.63, 3.8) is 0 Å². The van der Waals surface area contributed by atoms with Crippen LogP contribution in [0.15, 0.2) is 24.4 Å².